The fourth-order valence-corrected chi connectivity index (χ4v) is 3.95. The van der Waals surface area contributed by atoms with Gasteiger partial charge in [-0.15, -0.1) is 0 Å². The van der Waals surface area contributed by atoms with Gasteiger partial charge in [0.1, 0.15) is 0 Å². The standard InChI is InChI=1S/C21H23NO/c1-15-18-12-13-19(22-18)20(17-10-6-3-7-11-17)21(15)23-14-16-8-4-2-5-9-16/h2-13,15,18-22H,14H2,1H3/t15-,18+,19-,20+,21-/m1/s1. The van der Waals surface area contributed by atoms with Gasteiger partial charge < -0.3 is 10.1 Å². The Morgan fingerprint density at radius 3 is 2.26 bits per heavy atom. The summed E-state index contributed by atoms with van der Waals surface area (Å²) in [6, 6.07) is 22.1. The van der Waals surface area contributed by atoms with Crippen LogP contribution in [-0.4, -0.2) is 18.2 Å². The van der Waals surface area contributed by atoms with Gasteiger partial charge >= 0.3 is 0 Å². The van der Waals surface area contributed by atoms with Crippen LogP contribution in [0.4, 0.5) is 0 Å². The van der Waals surface area contributed by atoms with Crippen molar-refractivity contribution in [3.8, 4) is 0 Å². The van der Waals surface area contributed by atoms with Crippen molar-refractivity contribution in [1.29, 1.82) is 0 Å². The van der Waals surface area contributed by atoms with Crippen LogP contribution in [0, 0.1) is 5.92 Å². The minimum atomic E-state index is 0.226. The lowest BCUT2D eigenvalue weighted by Gasteiger charge is -2.42. The molecule has 0 radical (unpaired) electrons. The van der Waals surface area contributed by atoms with Crippen molar-refractivity contribution < 1.29 is 4.74 Å². The quantitative estimate of drug-likeness (QED) is 0.865. The van der Waals surface area contributed by atoms with Crippen LogP contribution in [0.2, 0.25) is 0 Å². The molecule has 1 N–H and O–H groups in total. The summed E-state index contributed by atoms with van der Waals surface area (Å²) in [6.07, 6.45) is 4.87. The normalized spacial score (nSPS) is 32.1. The van der Waals surface area contributed by atoms with E-state index in [0.29, 0.717) is 30.5 Å². The Hall–Kier alpha value is -1.90. The number of fused-ring (bicyclic) bond motifs is 2. The van der Waals surface area contributed by atoms with Gasteiger partial charge in [-0.3, -0.25) is 0 Å². The van der Waals surface area contributed by atoms with Crippen molar-refractivity contribution in [2.75, 3.05) is 0 Å². The summed E-state index contributed by atoms with van der Waals surface area (Å²) >= 11 is 0. The fourth-order valence-electron chi connectivity index (χ4n) is 3.95. The van der Waals surface area contributed by atoms with Gasteiger partial charge in [0.2, 0.25) is 0 Å². The van der Waals surface area contributed by atoms with Crippen LogP contribution in [0.15, 0.2) is 72.8 Å². The van der Waals surface area contributed by atoms with Crippen molar-refractivity contribution in [2.45, 2.75) is 37.6 Å². The van der Waals surface area contributed by atoms with Gasteiger partial charge in [0, 0.05) is 23.9 Å². The first-order valence-electron chi connectivity index (χ1n) is 8.48. The molecular weight excluding hydrogens is 282 g/mol. The number of hydrogen-bond donors (Lipinski definition) is 1. The van der Waals surface area contributed by atoms with Gasteiger partial charge in [-0.2, -0.15) is 0 Å². The second-order valence-electron chi connectivity index (χ2n) is 6.66. The molecule has 0 amide bonds. The molecule has 2 aromatic carbocycles. The first kappa shape index (κ1) is 14.7. The molecule has 5 atom stereocenters. The van der Waals surface area contributed by atoms with Crippen LogP contribution in [-0.2, 0) is 11.3 Å². The first-order chi connectivity index (χ1) is 11.3. The van der Waals surface area contributed by atoms with Crippen LogP contribution in [0.5, 0.6) is 0 Å². The molecule has 2 aliphatic rings. The van der Waals surface area contributed by atoms with Gasteiger partial charge in [-0.05, 0) is 11.1 Å². The molecule has 2 bridgehead atoms. The molecule has 0 aliphatic carbocycles. The summed E-state index contributed by atoms with van der Waals surface area (Å²) in [5.74, 6) is 0.823. The van der Waals surface area contributed by atoms with E-state index in [1.54, 1.807) is 0 Å². The van der Waals surface area contributed by atoms with E-state index >= 15 is 0 Å². The molecule has 2 nitrogen and oxygen atoms in total. The Morgan fingerprint density at radius 1 is 0.870 bits per heavy atom. The molecule has 2 heterocycles. The number of benzene rings is 2. The zero-order valence-electron chi connectivity index (χ0n) is 13.4. The smallest absolute Gasteiger partial charge is 0.0721 e. The highest BCUT2D eigenvalue weighted by Crippen LogP contribution is 2.39. The molecule has 4 rings (SSSR count). The van der Waals surface area contributed by atoms with Crippen molar-refractivity contribution in [2.24, 2.45) is 5.92 Å². The zero-order chi connectivity index (χ0) is 15.6. The molecule has 2 aliphatic heterocycles. The molecule has 2 aromatic rings. The highest BCUT2D eigenvalue weighted by molar-refractivity contribution is 5.31. The average molecular weight is 305 g/mol. The second kappa shape index (κ2) is 6.31. The summed E-state index contributed by atoms with van der Waals surface area (Å²) < 4.78 is 6.45. The minimum absolute atomic E-state index is 0.226. The molecule has 23 heavy (non-hydrogen) atoms. The van der Waals surface area contributed by atoms with Gasteiger partial charge in [0.05, 0.1) is 12.7 Å². The maximum atomic E-state index is 6.45. The van der Waals surface area contributed by atoms with Crippen molar-refractivity contribution in [1.82, 2.24) is 5.32 Å². The monoisotopic (exact) mass is 305 g/mol. The topological polar surface area (TPSA) is 21.3 Å². The Kier molecular flexibility index (Phi) is 4.02. The molecule has 1 fully saturated rings. The van der Waals surface area contributed by atoms with Crippen LogP contribution >= 0.6 is 0 Å². The maximum absolute atomic E-state index is 6.45. The summed E-state index contributed by atoms with van der Waals surface area (Å²) in [6.45, 7) is 2.98. The van der Waals surface area contributed by atoms with E-state index in [2.05, 4.69) is 79.0 Å². The van der Waals surface area contributed by atoms with E-state index in [-0.39, 0.29) is 6.10 Å². The van der Waals surface area contributed by atoms with E-state index in [4.69, 9.17) is 4.74 Å². The zero-order valence-corrected chi connectivity index (χ0v) is 13.4. The molecule has 0 saturated carbocycles. The molecule has 118 valence electrons. The Bertz CT molecular complexity index is 667. The highest BCUT2D eigenvalue weighted by Gasteiger charge is 2.44. The van der Waals surface area contributed by atoms with Crippen molar-refractivity contribution in [3.05, 3.63) is 83.9 Å². The SMILES string of the molecule is C[C@H]1[C@@H](OCc2ccccc2)[C@@H](c2ccccc2)[C@H]2C=C[C@@H]1N2. The number of ether oxygens (including phenoxy) is 1. The molecule has 0 spiro atoms. The number of hydrogen-bond acceptors (Lipinski definition) is 2. The molecule has 0 unspecified atom stereocenters. The van der Waals surface area contributed by atoms with E-state index in [0.717, 1.165) is 0 Å². The lowest BCUT2D eigenvalue weighted by atomic mass is 9.77. The number of nitrogens with one attached hydrogen (secondary N) is 1. The third-order valence-electron chi connectivity index (χ3n) is 5.21. The first-order valence-corrected chi connectivity index (χ1v) is 8.48. The van der Waals surface area contributed by atoms with E-state index < -0.39 is 0 Å². The van der Waals surface area contributed by atoms with Gasteiger partial charge in [-0.25, -0.2) is 0 Å². The van der Waals surface area contributed by atoms with Crippen molar-refractivity contribution >= 4 is 0 Å². The number of rotatable bonds is 4. The van der Waals surface area contributed by atoms with Crippen molar-refractivity contribution in [3.63, 3.8) is 0 Å². The Morgan fingerprint density at radius 2 is 1.52 bits per heavy atom. The van der Waals surface area contributed by atoms with Gasteiger partial charge in [0.15, 0.2) is 0 Å². The fraction of sp³-hybridized carbons (Fsp3) is 0.333. The Balaban J connectivity index is 1.59. The predicted molar refractivity (Wildman–Crippen MR) is 93.2 cm³/mol. The lowest BCUT2D eigenvalue weighted by Crippen LogP contribution is -2.53. The molecule has 0 aromatic heterocycles. The maximum Gasteiger partial charge on any atom is 0.0721 e. The summed E-state index contributed by atoms with van der Waals surface area (Å²) in [7, 11) is 0. The number of piperidine rings is 1. The largest absolute Gasteiger partial charge is 0.372 e. The molecule has 2 heteroatoms. The van der Waals surface area contributed by atoms with E-state index in [1.165, 1.54) is 11.1 Å². The van der Waals surface area contributed by atoms with E-state index in [9.17, 15) is 0 Å². The third-order valence-corrected chi connectivity index (χ3v) is 5.21. The summed E-state index contributed by atoms with van der Waals surface area (Å²) in [4.78, 5) is 0. The minimum Gasteiger partial charge on any atom is -0.372 e. The van der Waals surface area contributed by atoms with Crippen LogP contribution in [0.25, 0.3) is 0 Å². The summed E-state index contributed by atoms with van der Waals surface area (Å²) in [5, 5.41) is 3.73. The average Bonchev–Trinajstić information content (AvgIpc) is 3.04. The third kappa shape index (κ3) is 2.85. The second-order valence-corrected chi connectivity index (χ2v) is 6.66. The van der Waals surface area contributed by atoms with Gasteiger partial charge in [-0.1, -0.05) is 79.7 Å². The lowest BCUT2D eigenvalue weighted by molar-refractivity contribution is -0.0369. The van der Waals surface area contributed by atoms with Gasteiger partial charge in [0.25, 0.3) is 0 Å². The molecule has 1 saturated heterocycles. The van der Waals surface area contributed by atoms with Crippen LogP contribution < -0.4 is 5.32 Å². The van der Waals surface area contributed by atoms with Crippen LogP contribution in [0.1, 0.15) is 24.0 Å². The summed E-state index contributed by atoms with van der Waals surface area (Å²) in [5.41, 5.74) is 2.60. The van der Waals surface area contributed by atoms with Crippen LogP contribution in [0.3, 0.4) is 0 Å². The highest BCUT2D eigenvalue weighted by atomic mass is 16.5. The predicted octanol–water partition coefficient (Wildman–Crippen LogP) is 3.90. The Labute approximate surface area is 138 Å². The van der Waals surface area contributed by atoms with E-state index in [1.807, 2.05) is 6.07 Å². The molecular formula is C21H23NO.